The molecule has 3 aromatic rings. The van der Waals surface area contributed by atoms with Crippen molar-refractivity contribution in [3.8, 4) is 0 Å². The number of amides is 2. The van der Waals surface area contributed by atoms with Gasteiger partial charge in [0.2, 0.25) is 11.8 Å². The smallest absolute Gasteiger partial charge is 0.264 e. The molecule has 0 aromatic heterocycles. The zero-order chi connectivity index (χ0) is 29.4. The molecule has 2 amide bonds. The Hall–Kier alpha value is -3.43. The standard InChI is InChI=1S/C30H35ClFN3O4S/c1-5-17-33-30(37)27(6-2)34(19-23-9-12-25(32)13-10-23)29(36)20-35(28-16-11-24(31)18-22(28)4)40(38,39)26-14-7-21(3)8-15-26/h7-16,18,27H,5-6,17,19-20H2,1-4H3,(H,33,37)/t27-/m0/s1. The Morgan fingerprint density at radius 2 is 1.62 bits per heavy atom. The minimum atomic E-state index is -4.19. The topological polar surface area (TPSA) is 86.8 Å². The molecule has 40 heavy (non-hydrogen) atoms. The van der Waals surface area contributed by atoms with E-state index in [1.165, 1.54) is 41.3 Å². The number of benzene rings is 3. The molecule has 0 radical (unpaired) electrons. The van der Waals surface area contributed by atoms with Gasteiger partial charge in [0, 0.05) is 18.1 Å². The number of sulfonamides is 1. The lowest BCUT2D eigenvalue weighted by atomic mass is 10.1. The molecule has 3 aromatic carbocycles. The Bertz CT molecular complexity index is 1430. The van der Waals surface area contributed by atoms with Crippen LogP contribution in [0.1, 0.15) is 43.4 Å². The molecule has 0 aliphatic rings. The van der Waals surface area contributed by atoms with Crippen LogP contribution in [0.5, 0.6) is 0 Å². The number of rotatable bonds is 12. The van der Waals surface area contributed by atoms with Crippen LogP contribution < -0.4 is 9.62 Å². The second-order valence-corrected chi connectivity index (χ2v) is 11.9. The first kappa shape index (κ1) is 31.1. The van der Waals surface area contributed by atoms with Gasteiger partial charge in [-0.2, -0.15) is 0 Å². The van der Waals surface area contributed by atoms with Gasteiger partial charge in [0.25, 0.3) is 10.0 Å². The van der Waals surface area contributed by atoms with Gasteiger partial charge in [0.05, 0.1) is 10.6 Å². The third kappa shape index (κ3) is 7.61. The molecule has 1 atom stereocenters. The van der Waals surface area contributed by atoms with E-state index in [0.29, 0.717) is 41.2 Å². The summed E-state index contributed by atoms with van der Waals surface area (Å²) in [6, 6.07) is 15.9. The Kier molecular flexibility index (Phi) is 10.7. The molecule has 0 fully saturated rings. The highest BCUT2D eigenvalue weighted by atomic mass is 35.5. The van der Waals surface area contributed by atoms with Crippen molar-refractivity contribution in [1.82, 2.24) is 10.2 Å². The van der Waals surface area contributed by atoms with Crippen molar-refractivity contribution in [1.29, 1.82) is 0 Å². The predicted molar refractivity (Wildman–Crippen MR) is 156 cm³/mol. The summed E-state index contributed by atoms with van der Waals surface area (Å²) >= 11 is 6.15. The maximum Gasteiger partial charge on any atom is 0.264 e. The third-order valence-corrected chi connectivity index (χ3v) is 8.53. The molecule has 3 rings (SSSR count). The maximum atomic E-state index is 14.0. The number of carbonyl (C=O) groups is 2. The van der Waals surface area contributed by atoms with E-state index in [0.717, 1.165) is 9.87 Å². The number of halogens is 2. The predicted octanol–water partition coefficient (Wildman–Crippen LogP) is 5.62. The van der Waals surface area contributed by atoms with Crippen LogP contribution in [0.25, 0.3) is 0 Å². The van der Waals surface area contributed by atoms with Gasteiger partial charge in [-0.05, 0) is 80.3 Å². The van der Waals surface area contributed by atoms with Gasteiger partial charge in [-0.15, -0.1) is 0 Å². The van der Waals surface area contributed by atoms with E-state index in [9.17, 15) is 22.4 Å². The van der Waals surface area contributed by atoms with Gasteiger partial charge < -0.3 is 10.2 Å². The van der Waals surface area contributed by atoms with Gasteiger partial charge >= 0.3 is 0 Å². The van der Waals surface area contributed by atoms with Crippen LogP contribution >= 0.6 is 11.6 Å². The minimum absolute atomic E-state index is 0.00478. The second kappa shape index (κ2) is 13.8. The maximum absolute atomic E-state index is 14.0. The van der Waals surface area contributed by atoms with Crippen LogP contribution in [-0.2, 0) is 26.2 Å². The monoisotopic (exact) mass is 587 g/mol. The van der Waals surface area contributed by atoms with Gasteiger partial charge in [-0.1, -0.05) is 55.3 Å². The summed E-state index contributed by atoms with van der Waals surface area (Å²) in [6.45, 7) is 7.14. The number of carbonyl (C=O) groups excluding carboxylic acids is 2. The SMILES string of the molecule is CCCNC(=O)[C@H](CC)N(Cc1ccc(F)cc1)C(=O)CN(c1ccc(Cl)cc1C)S(=O)(=O)c1ccc(C)cc1. The molecule has 0 saturated heterocycles. The fraction of sp³-hybridized carbons (Fsp3) is 0.333. The van der Waals surface area contributed by atoms with E-state index < -0.39 is 34.3 Å². The lowest BCUT2D eigenvalue weighted by Crippen LogP contribution is -2.52. The average Bonchev–Trinajstić information content (AvgIpc) is 2.92. The molecular formula is C30H35ClFN3O4S. The quantitative estimate of drug-likeness (QED) is 0.298. The lowest BCUT2D eigenvalue weighted by molar-refractivity contribution is -0.140. The van der Waals surface area contributed by atoms with Gasteiger partial charge in [-0.25, -0.2) is 12.8 Å². The van der Waals surface area contributed by atoms with Crippen molar-refractivity contribution in [2.45, 2.75) is 58.0 Å². The number of hydrogen-bond donors (Lipinski definition) is 1. The summed E-state index contributed by atoms with van der Waals surface area (Å²) in [5, 5.41) is 3.26. The summed E-state index contributed by atoms with van der Waals surface area (Å²) in [6.07, 6.45) is 1.01. The molecule has 1 N–H and O–H groups in total. The van der Waals surface area contributed by atoms with E-state index in [4.69, 9.17) is 11.6 Å². The minimum Gasteiger partial charge on any atom is -0.354 e. The Labute approximate surface area is 241 Å². The van der Waals surface area contributed by atoms with Crippen LogP contribution in [0.3, 0.4) is 0 Å². The number of nitrogens with one attached hydrogen (secondary N) is 1. The van der Waals surface area contributed by atoms with Gasteiger partial charge in [-0.3, -0.25) is 13.9 Å². The fourth-order valence-corrected chi connectivity index (χ4v) is 6.03. The molecule has 0 heterocycles. The number of aryl methyl sites for hydroxylation is 2. The molecular weight excluding hydrogens is 553 g/mol. The summed E-state index contributed by atoms with van der Waals surface area (Å²) in [5.41, 5.74) is 2.35. The van der Waals surface area contributed by atoms with Crippen molar-refractivity contribution in [3.63, 3.8) is 0 Å². The fourth-order valence-electron chi connectivity index (χ4n) is 4.32. The van der Waals surface area contributed by atoms with Crippen LogP contribution in [0, 0.1) is 19.7 Å². The van der Waals surface area contributed by atoms with Crippen molar-refractivity contribution < 1.29 is 22.4 Å². The zero-order valence-electron chi connectivity index (χ0n) is 23.2. The van der Waals surface area contributed by atoms with E-state index >= 15 is 0 Å². The molecule has 0 unspecified atom stereocenters. The highest BCUT2D eigenvalue weighted by Crippen LogP contribution is 2.29. The third-order valence-electron chi connectivity index (χ3n) is 6.52. The summed E-state index contributed by atoms with van der Waals surface area (Å²) < 4.78 is 42.5. The van der Waals surface area contributed by atoms with Crippen molar-refractivity contribution >= 4 is 39.1 Å². The molecule has 0 bridgehead atoms. The largest absolute Gasteiger partial charge is 0.354 e. The van der Waals surface area contributed by atoms with Crippen LogP contribution in [0.2, 0.25) is 5.02 Å². The summed E-state index contributed by atoms with van der Waals surface area (Å²) in [5.74, 6) is -1.34. The molecule has 0 aliphatic carbocycles. The van der Waals surface area contributed by atoms with E-state index in [2.05, 4.69) is 5.32 Å². The average molecular weight is 588 g/mol. The van der Waals surface area contributed by atoms with Gasteiger partial charge in [0.15, 0.2) is 0 Å². The molecule has 10 heteroatoms. The molecule has 214 valence electrons. The van der Waals surface area contributed by atoms with E-state index in [-0.39, 0.29) is 17.3 Å². The lowest BCUT2D eigenvalue weighted by Gasteiger charge is -2.33. The van der Waals surface area contributed by atoms with Crippen molar-refractivity contribution in [3.05, 3.63) is 94.3 Å². The Morgan fingerprint density at radius 1 is 0.975 bits per heavy atom. The number of hydrogen-bond acceptors (Lipinski definition) is 4. The normalized spacial score (nSPS) is 12.1. The van der Waals surface area contributed by atoms with Crippen molar-refractivity contribution in [2.24, 2.45) is 0 Å². The Balaban J connectivity index is 2.08. The van der Waals surface area contributed by atoms with E-state index in [1.54, 1.807) is 44.2 Å². The molecule has 0 saturated carbocycles. The number of anilines is 1. The first-order valence-corrected chi connectivity index (χ1v) is 15.0. The van der Waals surface area contributed by atoms with Gasteiger partial charge in [0.1, 0.15) is 18.4 Å². The van der Waals surface area contributed by atoms with Crippen LogP contribution in [0.15, 0.2) is 71.6 Å². The Morgan fingerprint density at radius 3 is 2.20 bits per heavy atom. The highest BCUT2D eigenvalue weighted by Gasteiger charge is 2.34. The summed E-state index contributed by atoms with van der Waals surface area (Å²) in [4.78, 5) is 28.5. The summed E-state index contributed by atoms with van der Waals surface area (Å²) in [7, 11) is -4.19. The molecule has 7 nitrogen and oxygen atoms in total. The molecule has 0 spiro atoms. The molecule has 0 aliphatic heterocycles. The number of nitrogens with zero attached hydrogens (tertiary/aromatic N) is 2. The van der Waals surface area contributed by atoms with Crippen LogP contribution in [-0.4, -0.2) is 44.3 Å². The van der Waals surface area contributed by atoms with Crippen LogP contribution in [0.4, 0.5) is 10.1 Å². The van der Waals surface area contributed by atoms with E-state index in [1.807, 2.05) is 13.8 Å². The first-order valence-electron chi connectivity index (χ1n) is 13.1. The second-order valence-electron chi connectivity index (χ2n) is 9.62. The first-order chi connectivity index (χ1) is 19.0. The highest BCUT2D eigenvalue weighted by molar-refractivity contribution is 7.92. The zero-order valence-corrected chi connectivity index (χ0v) is 24.7. The van der Waals surface area contributed by atoms with Crippen molar-refractivity contribution in [2.75, 3.05) is 17.4 Å².